The second-order valence-corrected chi connectivity index (χ2v) is 3.58. The summed E-state index contributed by atoms with van der Waals surface area (Å²) in [6, 6.07) is 4.45. The smallest absolute Gasteiger partial charge is 0.291 e. The zero-order valence-corrected chi connectivity index (χ0v) is 9.09. The summed E-state index contributed by atoms with van der Waals surface area (Å²) in [6.45, 7) is 0. The van der Waals surface area contributed by atoms with Gasteiger partial charge in [0.05, 0.1) is 17.0 Å². The van der Waals surface area contributed by atoms with Crippen LogP contribution < -0.4 is 5.32 Å². The maximum atomic E-state index is 13.3. The lowest BCUT2D eigenvalue weighted by Gasteiger charge is -2.06. The van der Waals surface area contributed by atoms with E-state index < -0.39 is 17.5 Å². The molecule has 2 rings (SSSR count). The van der Waals surface area contributed by atoms with Crippen LogP contribution in [0.1, 0.15) is 10.6 Å². The van der Waals surface area contributed by atoms with E-state index in [9.17, 15) is 13.6 Å². The molecule has 0 saturated heterocycles. The molecule has 0 fully saturated rings. The lowest BCUT2D eigenvalue weighted by Crippen LogP contribution is -2.12. The molecule has 0 spiro atoms. The Morgan fingerprint density at radius 3 is 2.71 bits per heavy atom. The van der Waals surface area contributed by atoms with E-state index >= 15 is 0 Å². The second-order valence-electron chi connectivity index (χ2n) is 3.18. The molecule has 2 aromatic rings. The molecule has 1 amide bonds. The fourth-order valence-electron chi connectivity index (χ4n) is 1.24. The van der Waals surface area contributed by atoms with Crippen molar-refractivity contribution in [2.24, 2.45) is 0 Å². The van der Waals surface area contributed by atoms with E-state index in [-0.39, 0.29) is 16.5 Å². The summed E-state index contributed by atoms with van der Waals surface area (Å²) < 4.78 is 30.9. The number of rotatable bonds is 2. The van der Waals surface area contributed by atoms with E-state index in [0.717, 1.165) is 6.07 Å². The van der Waals surface area contributed by atoms with Gasteiger partial charge in [0.2, 0.25) is 0 Å². The molecule has 6 heteroatoms. The number of halogens is 3. The number of carbonyl (C=O) groups is 1. The van der Waals surface area contributed by atoms with Crippen molar-refractivity contribution in [3.63, 3.8) is 0 Å². The van der Waals surface area contributed by atoms with Crippen LogP contribution in [0.3, 0.4) is 0 Å². The Hall–Kier alpha value is -1.88. The quantitative estimate of drug-likeness (QED) is 0.895. The number of nitrogens with one attached hydrogen (secondary N) is 1. The molecule has 1 N–H and O–H groups in total. The molecule has 0 atom stereocenters. The fourth-order valence-corrected chi connectivity index (χ4v) is 1.49. The first-order valence-electron chi connectivity index (χ1n) is 4.57. The molecule has 88 valence electrons. The van der Waals surface area contributed by atoms with Gasteiger partial charge in [-0.2, -0.15) is 0 Å². The fraction of sp³-hybridized carbons (Fsp3) is 0. The standard InChI is InChI=1S/C11H6ClF2NO2/c12-7-4-6(13)5-8(14)10(7)15-11(16)9-2-1-3-17-9/h1-5H,(H,15,16). The monoisotopic (exact) mass is 257 g/mol. The van der Waals surface area contributed by atoms with Crippen molar-refractivity contribution >= 4 is 23.2 Å². The second kappa shape index (κ2) is 4.55. The van der Waals surface area contributed by atoms with Gasteiger partial charge in [0.25, 0.3) is 5.91 Å². The number of amides is 1. The van der Waals surface area contributed by atoms with E-state index in [0.29, 0.717) is 6.07 Å². The van der Waals surface area contributed by atoms with Gasteiger partial charge in [-0.3, -0.25) is 4.79 Å². The molecule has 0 radical (unpaired) electrons. The first-order valence-corrected chi connectivity index (χ1v) is 4.95. The van der Waals surface area contributed by atoms with E-state index in [1.165, 1.54) is 18.4 Å². The SMILES string of the molecule is O=C(Nc1c(F)cc(F)cc1Cl)c1ccco1. The molecule has 17 heavy (non-hydrogen) atoms. The average Bonchev–Trinajstić information content (AvgIpc) is 2.76. The van der Waals surface area contributed by atoms with E-state index in [4.69, 9.17) is 16.0 Å². The molecule has 0 aliphatic carbocycles. The van der Waals surface area contributed by atoms with Crippen molar-refractivity contribution in [1.29, 1.82) is 0 Å². The highest BCUT2D eigenvalue weighted by Crippen LogP contribution is 2.26. The van der Waals surface area contributed by atoms with Crippen molar-refractivity contribution in [1.82, 2.24) is 0 Å². The van der Waals surface area contributed by atoms with Gasteiger partial charge in [0, 0.05) is 6.07 Å². The van der Waals surface area contributed by atoms with Crippen LogP contribution in [0.15, 0.2) is 34.9 Å². The molecular weight excluding hydrogens is 252 g/mol. The van der Waals surface area contributed by atoms with Crippen LogP contribution in [0.2, 0.25) is 5.02 Å². The molecule has 0 saturated carbocycles. The normalized spacial score (nSPS) is 10.3. The summed E-state index contributed by atoms with van der Waals surface area (Å²) in [4.78, 5) is 11.5. The number of benzene rings is 1. The Kier molecular flexibility index (Phi) is 3.10. The summed E-state index contributed by atoms with van der Waals surface area (Å²) in [6.07, 6.45) is 1.30. The van der Waals surface area contributed by atoms with Crippen LogP contribution >= 0.6 is 11.6 Å². The van der Waals surface area contributed by atoms with Crippen molar-refractivity contribution < 1.29 is 18.0 Å². The van der Waals surface area contributed by atoms with Crippen molar-refractivity contribution in [2.45, 2.75) is 0 Å². The predicted octanol–water partition coefficient (Wildman–Crippen LogP) is 3.46. The molecule has 0 bridgehead atoms. The maximum absolute atomic E-state index is 13.3. The van der Waals surface area contributed by atoms with Crippen molar-refractivity contribution in [3.05, 3.63) is 52.9 Å². The summed E-state index contributed by atoms with van der Waals surface area (Å²) in [5.41, 5.74) is -0.283. The number of anilines is 1. The van der Waals surface area contributed by atoms with Gasteiger partial charge < -0.3 is 9.73 Å². The van der Waals surface area contributed by atoms with Gasteiger partial charge in [-0.1, -0.05) is 11.6 Å². The molecule has 3 nitrogen and oxygen atoms in total. The third-order valence-corrected chi connectivity index (χ3v) is 2.29. The zero-order valence-electron chi connectivity index (χ0n) is 8.34. The zero-order chi connectivity index (χ0) is 12.4. The largest absolute Gasteiger partial charge is 0.459 e. The van der Waals surface area contributed by atoms with Crippen molar-refractivity contribution in [3.8, 4) is 0 Å². The summed E-state index contributed by atoms with van der Waals surface area (Å²) >= 11 is 5.61. The highest BCUT2D eigenvalue weighted by atomic mass is 35.5. The van der Waals surface area contributed by atoms with E-state index in [1.807, 2.05) is 0 Å². The van der Waals surface area contributed by atoms with Gasteiger partial charge in [-0.05, 0) is 18.2 Å². The van der Waals surface area contributed by atoms with Gasteiger partial charge >= 0.3 is 0 Å². The molecule has 1 heterocycles. The van der Waals surface area contributed by atoms with Gasteiger partial charge in [0.1, 0.15) is 5.82 Å². The summed E-state index contributed by atoms with van der Waals surface area (Å²) in [5.74, 6) is -2.43. The number of hydrogen-bond acceptors (Lipinski definition) is 2. The first kappa shape index (κ1) is 11.6. The maximum Gasteiger partial charge on any atom is 0.291 e. The van der Waals surface area contributed by atoms with Crippen LogP contribution in [0.5, 0.6) is 0 Å². The third kappa shape index (κ3) is 2.45. The number of hydrogen-bond donors (Lipinski definition) is 1. The van der Waals surface area contributed by atoms with Gasteiger partial charge in [0.15, 0.2) is 11.6 Å². The average molecular weight is 258 g/mol. The molecule has 0 aliphatic rings. The minimum Gasteiger partial charge on any atom is -0.459 e. The van der Waals surface area contributed by atoms with Crippen molar-refractivity contribution in [2.75, 3.05) is 5.32 Å². The Bertz CT molecular complexity index is 532. The van der Waals surface area contributed by atoms with Crippen LogP contribution in [-0.4, -0.2) is 5.91 Å². The molecule has 0 unspecified atom stereocenters. The number of carbonyl (C=O) groups excluding carboxylic acids is 1. The first-order chi connectivity index (χ1) is 8.08. The Morgan fingerprint density at radius 1 is 1.35 bits per heavy atom. The molecule has 1 aromatic carbocycles. The van der Waals surface area contributed by atoms with Crippen LogP contribution in [0, 0.1) is 11.6 Å². The highest BCUT2D eigenvalue weighted by Gasteiger charge is 2.15. The number of furan rings is 1. The van der Waals surface area contributed by atoms with Crippen LogP contribution in [0.4, 0.5) is 14.5 Å². The summed E-state index contributed by atoms with van der Waals surface area (Å²) in [5, 5.41) is 1.98. The minimum atomic E-state index is -0.949. The Morgan fingerprint density at radius 2 is 2.12 bits per heavy atom. The van der Waals surface area contributed by atoms with Gasteiger partial charge in [-0.25, -0.2) is 8.78 Å². The van der Waals surface area contributed by atoms with E-state index in [2.05, 4.69) is 5.32 Å². The summed E-state index contributed by atoms with van der Waals surface area (Å²) in [7, 11) is 0. The third-order valence-electron chi connectivity index (χ3n) is 1.99. The molecule has 0 aliphatic heterocycles. The van der Waals surface area contributed by atoms with E-state index in [1.54, 1.807) is 0 Å². The van der Waals surface area contributed by atoms with Crippen LogP contribution in [0.25, 0.3) is 0 Å². The van der Waals surface area contributed by atoms with Gasteiger partial charge in [-0.15, -0.1) is 0 Å². The Labute approximate surface area is 100.0 Å². The highest BCUT2D eigenvalue weighted by molar-refractivity contribution is 6.33. The Balaban J connectivity index is 2.28. The predicted molar refractivity (Wildman–Crippen MR) is 58.0 cm³/mol. The molecular formula is C11H6ClF2NO2. The topological polar surface area (TPSA) is 42.2 Å². The molecule has 1 aromatic heterocycles. The lowest BCUT2D eigenvalue weighted by molar-refractivity contribution is 0.0996. The minimum absolute atomic E-state index is 0.00444. The van der Waals surface area contributed by atoms with Crippen LogP contribution in [-0.2, 0) is 0 Å². The lowest BCUT2D eigenvalue weighted by atomic mass is 10.3.